The van der Waals surface area contributed by atoms with Crippen LogP contribution in [0.1, 0.15) is 5.56 Å². The van der Waals surface area contributed by atoms with E-state index < -0.39 is 6.43 Å². The van der Waals surface area contributed by atoms with Crippen LogP contribution in [-0.4, -0.2) is 49.0 Å². The van der Waals surface area contributed by atoms with Gasteiger partial charge in [0.2, 0.25) is 0 Å². The van der Waals surface area contributed by atoms with Crippen molar-refractivity contribution in [2.75, 3.05) is 37.6 Å². The molecule has 94 valence electrons. The number of alkyl halides is 2. The lowest BCUT2D eigenvalue weighted by molar-refractivity contribution is 0.0854. The maximum absolute atomic E-state index is 12.2. The van der Waals surface area contributed by atoms with E-state index in [1.165, 1.54) is 0 Å². The van der Waals surface area contributed by atoms with E-state index in [4.69, 9.17) is 0 Å². The largest absolute Gasteiger partial charge is 0.368 e. The number of aryl methyl sites for hydroxylation is 1. The molecule has 0 radical (unpaired) electrons. The second-order valence-electron chi connectivity index (χ2n) is 4.40. The number of hydrogen-bond acceptors (Lipinski definition) is 3. The van der Waals surface area contributed by atoms with Crippen LogP contribution in [0.25, 0.3) is 0 Å². The van der Waals surface area contributed by atoms with Gasteiger partial charge in [-0.15, -0.1) is 0 Å². The summed E-state index contributed by atoms with van der Waals surface area (Å²) in [4.78, 5) is 8.16. The molecular weight excluding hydrogens is 224 g/mol. The van der Waals surface area contributed by atoms with Gasteiger partial charge in [-0.25, -0.2) is 8.78 Å². The molecule has 2 rings (SSSR count). The minimum atomic E-state index is -2.23. The summed E-state index contributed by atoms with van der Waals surface area (Å²) in [5.41, 5.74) is 2.21. The van der Waals surface area contributed by atoms with Gasteiger partial charge in [-0.05, 0) is 18.6 Å². The third-order valence-electron chi connectivity index (χ3n) is 2.99. The molecule has 1 aromatic rings. The molecule has 0 aliphatic carbocycles. The fraction of sp³-hybridized carbons (Fsp3) is 0.583. The van der Waals surface area contributed by atoms with E-state index in [9.17, 15) is 8.78 Å². The van der Waals surface area contributed by atoms with E-state index in [0.29, 0.717) is 13.1 Å². The molecule has 1 aliphatic rings. The number of anilines is 1. The molecule has 3 nitrogen and oxygen atoms in total. The Bertz CT molecular complexity index is 363. The van der Waals surface area contributed by atoms with Gasteiger partial charge in [0.1, 0.15) is 0 Å². The number of piperazine rings is 1. The SMILES string of the molecule is Cc1cncc(N2CCN(CC(F)F)CC2)c1. The summed E-state index contributed by atoms with van der Waals surface area (Å²) in [6, 6.07) is 2.08. The van der Waals surface area contributed by atoms with Crippen molar-refractivity contribution in [3.63, 3.8) is 0 Å². The normalized spacial score (nSPS) is 17.8. The molecule has 1 fully saturated rings. The Hall–Kier alpha value is -1.23. The molecule has 0 saturated carbocycles. The van der Waals surface area contributed by atoms with Gasteiger partial charge in [-0.2, -0.15) is 0 Å². The van der Waals surface area contributed by atoms with Crippen molar-refractivity contribution in [2.24, 2.45) is 0 Å². The first-order chi connectivity index (χ1) is 8.15. The van der Waals surface area contributed by atoms with Crippen molar-refractivity contribution < 1.29 is 8.78 Å². The van der Waals surface area contributed by atoms with Crippen LogP contribution in [0.15, 0.2) is 18.5 Å². The molecular formula is C12H17F2N3. The zero-order valence-corrected chi connectivity index (χ0v) is 9.94. The van der Waals surface area contributed by atoms with Gasteiger partial charge in [0.25, 0.3) is 6.43 Å². The summed E-state index contributed by atoms with van der Waals surface area (Å²) in [5, 5.41) is 0. The van der Waals surface area contributed by atoms with Crippen molar-refractivity contribution in [1.29, 1.82) is 0 Å². The van der Waals surface area contributed by atoms with Crippen LogP contribution < -0.4 is 4.90 Å². The summed E-state index contributed by atoms with van der Waals surface area (Å²) in [5.74, 6) is 0. The van der Waals surface area contributed by atoms with Crippen molar-refractivity contribution in [3.8, 4) is 0 Å². The van der Waals surface area contributed by atoms with Crippen LogP contribution in [0, 0.1) is 6.92 Å². The highest BCUT2D eigenvalue weighted by Crippen LogP contribution is 2.16. The second kappa shape index (κ2) is 5.40. The Kier molecular flexibility index (Phi) is 3.89. The molecule has 0 N–H and O–H groups in total. The highest BCUT2D eigenvalue weighted by molar-refractivity contribution is 5.46. The lowest BCUT2D eigenvalue weighted by Crippen LogP contribution is -2.47. The minimum Gasteiger partial charge on any atom is -0.368 e. The standard InChI is InChI=1S/C12H17F2N3/c1-10-6-11(8-15-7-10)17-4-2-16(3-5-17)9-12(13)14/h6-8,12H,2-5,9H2,1H3. The topological polar surface area (TPSA) is 19.4 Å². The Labute approximate surface area is 100 Å². The lowest BCUT2D eigenvalue weighted by Gasteiger charge is -2.35. The first-order valence-corrected chi connectivity index (χ1v) is 5.82. The maximum atomic E-state index is 12.2. The predicted molar refractivity (Wildman–Crippen MR) is 63.6 cm³/mol. The molecule has 0 amide bonds. The van der Waals surface area contributed by atoms with Crippen molar-refractivity contribution >= 4 is 5.69 Å². The predicted octanol–water partition coefficient (Wildman–Crippen LogP) is 1.78. The third kappa shape index (κ3) is 3.36. The molecule has 1 aromatic heterocycles. The number of aromatic nitrogens is 1. The Balaban J connectivity index is 1.91. The summed E-state index contributed by atoms with van der Waals surface area (Å²) in [6.07, 6.45) is 1.41. The highest BCUT2D eigenvalue weighted by Gasteiger charge is 2.19. The summed E-state index contributed by atoms with van der Waals surface area (Å²) in [7, 11) is 0. The summed E-state index contributed by atoms with van der Waals surface area (Å²) < 4.78 is 24.5. The zero-order valence-electron chi connectivity index (χ0n) is 9.94. The second-order valence-corrected chi connectivity index (χ2v) is 4.40. The van der Waals surface area contributed by atoms with E-state index in [2.05, 4.69) is 16.0 Å². The number of rotatable bonds is 3. The van der Waals surface area contributed by atoms with Gasteiger partial charge in [0.15, 0.2) is 0 Å². The van der Waals surface area contributed by atoms with E-state index in [1.807, 2.05) is 24.2 Å². The van der Waals surface area contributed by atoms with Gasteiger partial charge in [0, 0.05) is 32.4 Å². The molecule has 0 bridgehead atoms. The van der Waals surface area contributed by atoms with Crippen LogP contribution in [-0.2, 0) is 0 Å². The Morgan fingerprint density at radius 1 is 1.24 bits per heavy atom. The van der Waals surface area contributed by atoms with Crippen LogP contribution in [0.4, 0.5) is 14.5 Å². The fourth-order valence-corrected chi connectivity index (χ4v) is 2.10. The summed E-state index contributed by atoms with van der Waals surface area (Å²) in [6.45, 7) is 4.86. The van der Waals surface area contributed by atoms with Crippen molar-refractivity contribution in [3.05, 3.63) is 24.0 Å². The number of pyridine rings is 1. The average Bonchev–Trinajstić information content (AvgIpc) is 2.29. The van der Waals surface area contributed by atoms with Crippen molar-refractivity contribution in [1.82, 2.24) is 9.88 Å². The quantitative estimate of drug-likeness (QED) is 0.804. The maximum Gasteiger partial charge on any atom is 0.251 e. The number of nitrogens with zero attached hydrogens (tertiary/aromatic N) is 3. The minimum absolute atomic E-state index is 0.111. The van der Waals surface area contributed by atoms with E-state index >= 15 is 0 Å². The van der Waals surface area contributed by atoms with Crippen LogP contribution in [0.2, 0.25) is 0 Å². The molecule has 2 heterocycles. The average molecular weight is 241 g/mol. The van der Waals surface area contributed by atoms with Gasteiger partial charge in [-0.1, -0.05) is 0 Å². The first-order valence-electron chi connectivity index (χ1n) is 5.82. The van der Waals surface area contributed by atoms with E-state index in [-0.39, 0.29) is 6.54 Å². The molecule has 5 heteroatoms. The van der Waals surface area contributed by atoms with Crippen LogP contribution in [0.5, 0.6) is 0 Å². The highest BCUT2D eigenvalue weighted by atomic mass is 19.3. The number of hydrogen-bond donors (Lipinski definition) is 0. The van der Waals surface area contributed by atoms with Crippen molar-refractivity contribution in [2.45, 2.75) is 13.3 Å². The Morgan fingerprint density at radius 2 is 1.94 bits per heavy atom. The molecule has 0 spiro atoms. The smallest absolute Gasteiger partial charge is 0.251 e. The first kappa shape index (κ1) is 12.2. The zero-order chi connectivity index (χ0) is 12.3. The summed E-state index contributed by atoms with van der Waals surface area (Å²) >= 11 is 0. The number of halogens is 2. The molecule has 0 atom stereocenters. The Morgan fingerprint density at radius 3 is 2.53 bits per heavy atom. The molecule has 1 saturated heterocycles. The third-order valence-corrected chi connectivity index (χ3v) is 2.99. The van der Waals surface area contributed by atoms with E-state index in [0.717, 1.165) is 24.3 Å². The molecule has 0 aromatic carbocycles. The van der Waals surface area contributed by atoms with E-state index in [1.54, 1.807) is 0 Å². The lowest BCUT2D eigenvalue weighted by atomic mass is 10.2. The monoisotopic (exact) mass is 241 g/mol. The van der Waals surface area contributed by atoms with Crippen LogP contribution >= 0.6 is 0 Å². The fourth-order valence-electron chi connectivity index (χ4n) is 2.10. The molecule has 1 aliphatic heterocycles. The van der Waals surface area contributed by atoms with Crippen LogP contribution in [0.3, 0.4) is 0 Å². The molecule has 0 unspecified atom stereocenters. The van der Waals surface area contributed by atoms with Gasteiger partial charge < -0.3 is 4.90 Å². The van der Waals surface area contributed by atoms with Gasteiger partial charge in [0.05, 0.1) is 18.4 Å². The van der Waals surface area contributed by atoms with Gasteiger partial charge in [-0.3, -0.25) is 9.88 Å². The van der Waals surface area contributed by atoms with Gasteiger partial charge >= 0.3 is 0 Å². The molecule has 17 heavy (non-hydrogen) atoms.